The highest BCUT2D eigenvalue weighted by Crippen LogP contribution is 2.26. The van der Waals surface area contributed by atoms with E-state index < -0.39 is 5.91 Å². The van der Waals surface area contributed by atoms with Gasteiger partial charge in [-0.25, -0.2) is 5.84 Å². The third-order valence-corrected chi connectivity index (χ3v) is 5.10. The van der Waals surface area contributed by atoms with E-state index in [1.165, 1.54) is 0 Å². The molecule has 0 aromatic heterocycles. The van der Waals surface area contributed by atoms with Crippen molar-refractivity contribution >= 4 is 17.9 Å². The van der Waals surface area contributed by atoms with Crippen molar-refractivity contribution in [1.82, 2.24) is 15.2 Å². The van der Waals surface area contributed by atoms with E-state index in [2.05, 4.69) is 12.0 Å². The van der Waals surface area contributed by atoms with Crippen LogP contribution in [-0.2, 0) is 11.2 Å². The highest BCUT2D eigenvalue weighted by Gasteiger charge is 2.26. The topological polar surface area (TPSA) is 98.9 Å². The van der Waals surface area contributed by atoms with Gasteiger partial charge >= 0.3 is 0 Å². The summed E-state index contributed by atoms with van der Waals surface area (Å²) in [5.41, 5.74) is 4.41. The zero-order chi connectivity index (χ0) is 21.5. The summed E-state index contributed by atoms with van der Waals surface area (Å²) in [4.78, 5) is 28.7. The van der Waals surface area contributed by atoms with E-state index >= 15 is 0 Å². The fraction of sp³-hybridized carbons (Fsp3) is 0.217. The molecule has 156 valence electrons. The Labute approximate surface area is 176 Å². The third kappa shape index (κ3) is 4.69. The van der Waals surface area contributed by atoms with Crippen LogP contribution >= 0.6 is 0 Å². The van der Waals surface area contributed by atoms with Gasteiger partial charge in [0.1, 0.15) is 11.4 Å². The minimum absolute atomic E-state index is 0.0289. The van der Waals surface area contributed by atoms with E-state index in [0.717, 1.165) is 5.56 Å². The van der Waals surface area contributed by atoms with Gasteiger partial charge in [-0.05, 0) is 30.2 Å². The minimum atomic E-state index is -0.452. The van der Waals surface area contributed by atoms with E-state index in [1.807, 2.05) is 35.2 Å². The highest BCUT2D eigenvalue weighted by atomic mass is 16.3. The second kappa shape index (κ2) is 9.76. The predicted octanol–water partition coefficient (Wildman–Crippen LogP) is 1.91. The Balaban J connectivity index is 1.79. The number of nitrogens with two attached hydrogens (primary N) is 1. The van der Waals surface area contributed by atoms with Crippen molar-refractivity contribution in [2.24, 2.45) is 5.84 Å². The quantitative estimate of drug-likeness (QED) is 0.224. The number of hydrogen-bond donors (Lipinski definition) is 3. The predicted molar refractivity (Wildman–Crippen MR) is 116 cm³/mol. The number of phenols is 1. The average Bonchev–Trinajstić information content (AvgIpc) is 2.79. The standard InChI is InChI=1S/C23H26N4O3/c1-2-7-17-10-6-11-19(21(17)28)16-20(22(29)25-24)26-12-14-27(15-13-26)23(30)18-8-4-3-5-9-18/h2-6,8-11,16,28H,1,7,12-15,24H2,(H,25,29). The molecule has 0 unspecified atom stereocenters. The number of rotatable bonds is 6. The number of aromatic hydroxyl groups is 1. The van der Waals surface area contributed by atoms with Crippen LogP contribution in [0.4, 0.5) is 0 Å². The van der Waals surface area contributed by atoms with Crippen molar-refractivity contribution in [2.75, 3.05) is 26.2 Å². The molecule has 7 heteroatoms. The van der Waals surface area contributed by atoms with Gasteiger partial charge in [-0.3, -0.25) is 15.0 Å². The molecular formula is C23H26N4O3. The lowest BCUT2D eigenvalue weighted by atomic mass is 10.0. The summed E-state index contributed by atoms with van der Waals surface area (Å²) in [5, 5.41) is 10.5. The molecule has 7 nitrogen and oxygen atoms in total. The number of amides is 2. The largest absolute Gasteiger partial charge is 0.507 e. The molecule has 1 aliphatic rings. The first-order chi connectivity index (χ1) is 14.5. The summed E-state index contributed by atoms with van der Waals surface area (Å²) in [7, 11) is 0. The SMILES string of the molecule is C=CCc1cccc(C=C(C(=O)NN)N2CCN(C(=O)c3ccccc3)CC2)c1O. The molecule has 4 N–H and O–H groups in total. The van der Waals surface area contributed by atoms with Crippen LogP contribution in [0, 0.1) is 0 Å². The molecule has 0 saturated carbocycles. The smallest absolute Gasteiger partial charge is 0.281 e. The van der Waals surface area contributed by atoms with Crippen LogP contribution in [0.15, 0.2) is 66.9 Å². The van der Waals surface area contributed by atoms with Crippen LogP contribution in [0.25, 0.3) is 6.08 Å². The molecule has 0 radical (unpaired) electrons. The Bertz CT molecular complexity index is 948. The Hall–Kier alpha value is -3.58. The maximum Gasteiger partial charge on any atom is 0.281 e. The van der Waals surface area contributed by atoms with E-state index in [-0.39, 0.29) is 11.7 Å². The van der Waals surface area contributed by atoms with Gasteiger partial charge < -0.3 is 14.9 Å². The molecule has 2 amide bonds. The lowest BCUT2D eigenvalue weighted by molar-refractivity contribution is -0.119. The number of phenolic OH excluding ortho intramolecular Hbond substituents is 1. The number of hydrazine groups is 1. The maximum absolute atomic E-state index is 12.7. The summed E-state index contributed by atoms with van der Waals surface area (Å²) >= 11 is 0. The third-order valence-electron chi connectivity index (χ3n) is 5.10. The molecular weight excluding hydrogens is 380 g/mol. The zero-order valence-electron chi connectivity index (χ0n) is 16.8. The molecule has 2 aromatic rings. The van der Waals surface area contributed by atoms with E-state index in [4.69, 9.17) is 5.84 Å². The summed E-state index contributed by atoms with van der Waals surface area (Å²) in [6.45, 7) is 5.61. The maximum atomic E-state index is 12.7. The number of para-hydroxylation sites is 1. The van der Waals surface area contributed by atoms with Crippen molar-refractivity contribution in [1.29, 1.82) is 0 Å². The van der Waals surface area contributed by atoms with Gasteiger partial charge in [0.2, 0.25) is 0 Å². The van der Waals surface area contributed by atoms with Gasteiger partial charge in [0.05, 0.1) is 0 Å². The molecule has 1 aliphatic heterocycles. The Morgan fingerprint density at radius 1 is 1.03 bits per heavy atom. The molecule has 0 aliphatic carbocycles. The molecule has 30 heavy (non-hydrogen) atoms. The van der Waals surface area contributed by atoms with Gasteiger partial charge in [-0.2, -0.15) is 0 Å². The highest BCUT2D eigenvalue weighted by molar-refractivity contribution is 5.97. The van der Waals surface area contributed by atoms with Crippen LogP contribution in [0.3, 0.4) is 0 Å². The average molecular weight is 406 g/mol. The number of carbonyl (C=O) groups excluding carboxylic acids is 2. The molecule has 0 atom stereocenters. The van der Waals surface area contributed by atoms with Crippen LogP contribution < -0.4 is 11.3 Å². The van der Waals surface area contributed by atoms with Gasteiger partial charge in [-0.1, -0.05) is 42.5 Å². The number of carbonyl (C=O) groups is 2. The van der Waals surface area contributed by atoms with Crippen molar-refractivity contribution < 1.29 is 14.7 Å². The minimum Gasteiger partial charge on any atom is -0.507 e. The van der Waals surface area contributed by atoms with Gasteiger partial charge in [0.15, 0.2) is 0 Å². The molecule has 2 aromatic carbocycles. The lowest BCUT2D eigenvalue weighted by Gasteiger charge is -2.36. The van der Waals surface area contributed by atoms with Crippen molar-refractivity contribution in [3.63, 3.8) is 0 Å². The summed E-state index contributed by atoms with van der Waals surface area (Å²) < 4.78 is 0. The fourth-order valence-corrected chi connectivity index (χ4v) is 3.48. The lowest BCUT2D eigenvalue weighted by Crippen LogP contribution is -2.50. The molecule has 3 rings (SSSR count). The summed E-state index contributed by atoms with van der Waals surface area (Å²) in [6.07, 6.45) is 3.85. The Morgan fingerprint density at radius 3 is 2.33 bits per heavy atom. The van der Waals surface area contributed by atoms with E-state index in [1.54, 1.807) is 35.3 Å². The van der Waals surface area contributed by atoms with Crippen molar-refractivity contribution in [2.45, 2.75) is 6.42 Å². The second-order valence-corrected chi connectivity index (χ2v) is 7.00. The number of piperazine rings is 1. The number of allylic oxidation sites excluding steroid dienone is 1. The molecule has 1 heterocycles. The van der Waals surface area contributed by atoms with Crippen LogP contribution in [0.2, 0.25) is 0 Å². The van der Waals surface area contributed by atoms with Crippen molar-refractivity contribution in [3.8, 4) is 5.75 Å². The van der Waals surface area contributed by atoms with E-state index in [9.17, 15) is 14.7 Å². The first kappa shape index (κ1) is 21.1. The second-order valence-electron chi connectivity index (χ2n) is 7.00. The summed E-state index contributed by atoms with van der Waals surface area (Å²) in [6, 6.07) is 14.5. The molecule has 0 spiro atoms. The monoisotopic (exact) mass is 406 g/mol. The first-order valence-electron chi connectivity index (χ1n) is 9.78. The van der Waals surface area contributed by atoms with Gasteiger partial charge in [-0.15, -0.1) is 6.58 Å². The molecule has 1 saturated heterocycles. The number of nitrogens with zero attached hydrogens (tertiary/aromatic N) is 2. The van der Waals surface area contributed by atoms with E-state index in [0.29, 0.717) is 49.4 Å². The van der Waals surface area contributed by atoms with Gasteiger partial charge in [0, 0.05) is 37.3 Å². The van der Waals surface area contributed by atoms with Crippen molar-refractivity contribution in [3.05, 3.63) is 83.6 Å². The van der Waals surface area contributed by atoms with Crippen LogP contribution in [0.5, 0.6) is 5.75 Å². The molecule has 1 fully saturated rings. The Morgan fingerprint density at radius 2 is 1.70 bits per heavy atom. The first-order valence-corrected chi connectivity index (χ1v) is 9.78. The fourth-order valence-electron chi connectivity index (χ4n) is 3.48. The zero-order valence-corrected chi connectivity index (χ0v) is 16.8. The van der Waals surface area contributed by atoms with Crippen LogP contribution in [-0.4, -0.2) is 52.9 Å². The number of benzene rings is 2. The normalized spacial score (nSPS) is 14.4. The van der Waals surface area contributed by atoms with Gasteiger partial charge in [0.25, 0.3) is 11.8 Å². The van der Waals surface area contributed by atoms with Crippen LogP contribution in [0.1, 0.15) is 21.5 Å². The summed E-state index contributed by atoms with van der Waals surface area (Å²) in [5.74, 6) is 5.02. The Kier molecular flexibility index (Phi) is 6.87. The molecule has 0 bridgehead atoms. The number of hydrogen-bond acceptors (Lipinski definition) is 5. The number of nitrogens with one attached hydrogen (secondary N) is 1.